The molecule has 2 aromatic heterocycles. The average molecular weight is 219 g/mol. The van der Waals surface area contributed by atoms with Crippen LogP contribution in [0.3, 0.4) is 0 Å². The van der Waals surface area contributed by atoms with E-state index in [1.165, 1.54) is 22.9 Å². The molecule has 0 radical (unpaired) electrons. The van der Waals surface area contributed by atoms with Crippen molar-refractivity contribution in [2.24, 2.45) is 0 Å². The second kappa shape index (κ2) is 3.42. The van der Waals surface area contributed by atoms with Crippen LogP contribution in [0.1, 0.15) is 5.01 Å². The van der Waals surface area contributed by atoms with E-state index in [4.69, 9.17) is 11.6 Å². The molecule has 2 rings (SSSR count). The molecule has 0 amide bonds. The third kappa shape index (κ3) is 1.45. The first-order valence-electron chi connectivity index (χ1n) is 3.06. The van der Waals surface area contributed by atoms with Crippen LogP contribution in [-0.4, -0.2) is 19.8 Å². The molecular weight excluding hydrogens is 216 g/mol. The minimum atomic E-state index is 0.398. The highest BCUT2D eigenvalue weighted by Crippen LogP contribution is 2.22. The van der Waals surface area contributed by atoms with Crippen molar-refractivity contribution in [3.05, 3.63) is 10.4 Å². The largest absolute Gasteiger partial charge is 0.169 e. The van der Waals surface area contributed by atoms with E-state index in [1.54, 1.807) is 0 Å². The molecule has 0 unspecified atom stereocenters. The zero-order valence-corrected chi connectivity index (χ0v) is 8.16. The minimum Gasteiger partial charge on any atom is -0.142 e. The van der Waals surface area contributed by atoms with Gasteiger partial charge in [-0.1, -0.05) is 15.8 Å². The van der Waals surface area contributed by atoms with Gasteiger partial charge < -0.3 is 0 Å². The van der Waals surface area contributed by atoms with Crippen LogP contribution in [0.5, 0.6) is 0 Å². The molecule has 0 aliphatic carbocycles. The van der Waals surface area contributed by atoms with Gasteiger partial charge in [0.1, 0.15) is 10.7 Å². The minimum absolute atomic E-state index is 0.398. The zero-order valence-electron chi connectivity index (χ0n) is 5.77. The molecule has 0 aliphatic rings. The normalized spacial score (nSPS) is 10.4. The van der Waals surface area contributed by atoms with Crippen molar-refractivity contribution in [2.75, 3.05) is 0 Å². The van der Waals surface area contributed by atoms with Crippen LogP contribution < -0.4 is 0 Å². The van der Waals surface area contributed by atoms with Crippen molar-refractivity contribution in [3.8, 4) is 10.7 Å². The van der Waals surface area contributed by atoms with Crippen molar-refractivity contribution >= 4 is 34.5 Å². The molecule has 0 saturated heterocycles. The second-order valence-electron chi connectivity index (χ2n) is 1.92. The molecule has 0 fully saturated rings. The van der Waals surface area contributed by atoms with Gasteiger partial charge in [-0.05, 0) is 11.5 Å². The van der Waals surface area contributed by atoms with Crippen molar-refractivity contribution in [2.45, 2.75) is 5.88 Å². The molecule has 2 heterocycles. The summed E-state index contributed by atoms with van der Waals surface area (Å²) >= 11 is 8.31. The molecule has 0 spiro atoms. The van der Waals surface area contributed by atoms with Crippen LogP contribution in [0, 0.1) is 0 Å². The van der Waals surface area contributed by atoms with Gasteiger partial charge in [-0.3, -0.25) is 0 Å². The molecular formula is C5H3ClN4S2. The maximum absolute atomic E-state index is 5.58. The summed E-state index contributed by atoms with van der Waals surface area (Å²) in [6.45, 7) is 0. The lowest BCUT2D eigenvalue weighted by Crippen LogP contribution is -1.76. The van der Waals surface area contributed by atoms with Crippen molar-refractivity contribution < 1.29 is 0 Å². The molecule has 0 aliphatic heterocycles. The lowest BCUT2D eigenvalue weighted by atomic mass is 10.5. The van der Waals surface area contributed by atoms with E-state index in [2.05, 4.69) is 19.8 Å². The highest BCUT2D eigenvalue weighted by atomic mass is 35.5. The Kier molecular flexibility index (Phi) is 2.29. The van der Waals surface area contributed by atoms with Gasteiger partial charge in [0.15, 0.2) is 5.01 Å². The van der Waals surface area contributed by atoms with Crippen LogP contribution >= 0.6 is 34.5 Å². The summed E-state index contributed by atoms with van der Waals surface area (Å²) in [4.78, 5) is 0. The van der Waals surface area contributed by atoms with Crippen molar-refractivity contribution in [1.29, 1.82) is 0 Å². The summed E-state index contributed by atoms with van der Waals surface area (Å²) in [7, 11) is 0. The Labute approximate surface area is 81.4 Å². The Hall–Kier alpha value is -0.590. The van der Waals surface area contributed by atoms with Gasteiger partial charge in [0.25, 0.3) is 0 Å². The first-order valence-corrected chi connectivity index (χ1v) is 5.24. The number of nitrogens with zero attached hydrogens (tertiary/aromatic N) is 4. The third-order valence-corrected chi connectivity index (χ3v) is 3.02. The predicted octanol–water partition coefficient (Wildman–Crippen LogP) is 1.80. The van der Waals surface area contributed by atoms with Crippen LogP contribution in [0.25, 0.3) is 10.7 Å². The number of hydrogen-bond acceptors (Lipinski definition) is 6. The molecule has 0 N–H and O–H groups in total. The SMILES string of the molecule is ClCc1nnc(-c2csnn2)s1. The van der Waals surface area contributed by atoms with Crippen LogP contribution in [0.4, 0.5) is 0 Å². The van der Waals surface area contributed by atoms with Gasteiger partial charge in [0.2, 0.25) is 0 Å². The van der Waals surface area contributed by atoms with Gasteiger partial charge >= 0.3 is 0 Å². The van der Waals surface area contributed by atoms with E-state index in [9.17, 15) is 0 Å². The second-order valence-corrected chi connectivity index (χ2v) is 3.86. The first-order chi connectivity index (χ1) is 5.90. The van der Waals surface area contributed by atoms with Crippen molar-refractivity contribution in [1.82, 2.24) is 19.8 Å². The van der Waals surface area contributed by atoms with Crippen LogP contribution in [0.2, 0.25) is 0 Å². The molecule has 0 atom stereocenters. The molecule has 0 aromatic carbocycles. The lowest BCUT2D eigenvalue weighted by molar-refractivity contribution is 1.03. The highest BCUT2D eigenvalue weighted by Gasteiger charge is 2.07. The quantitative estimate of drug-likeness (QED) is 0.722. The summed E-state index contributed by atoms with van der Waals surface area (Å²) in [6, 6.07) is 0. The highest BCUT2D eigenvalue weighted by molar-refractivity contribution is 7.15. The molecule has 62 valence electrons. The van der Waals surface area contributed by atoms with E-state index in [1.807, 2.05) is 5.38 Å². The fraction of sp³-hybridized carbons (Fsp3) is 0.200. The monoisotopic (exact) mass is 218 g/mol. The Morgan fingerprint density at radius 3 is 2.83 bits per heavy atom. The maximum atomic E-state index is 5.58. The summed E-state index contributed by atoms with van der Waals surface area (Å²) in [6.07, 6.45) is 0. The predicted molar refractivity (Wildman–Crippen MR) is 48.4 cm³/mol. The van der Waals surface area contributed by atoms with Crippen LogP contribution in [-0.2, 0) is 5.88 Å². The van der Waals surface area contributed by atoms with Gasteiger partial charge in [-0.2, -0.15) is 0 Å². The molecule has 4 nitrogen and oxygen atoms in total. The summed E-state index contributed by atoms with van der Waals surface area (Å²) in [5, 5.41) is 15.1. The van der Waals surface area contributed by atoms with E-state index in [0.717, 1.165) is 15.7 Å². The van der Waals surface area contributed by atoms with E-state index >= 15 is 0 Å². The molecule has 7 heteroatoms. The topological polar surface area (TPSA) is 51.6 Å². The van der Waals surface area contributed by atoms with Gasteiger partial charge in [0.05, 0.1) is 5.88 Å². The molecule has 2 aromatic rings. The van der Waals surface area contributed by atoms with E-state index in [-0.39, 0.29) is 0 Å². The maximum Gasteiger partial charge on any atom is 0.169 e. The summed E-state index contributed by atoms with van der Waals surface area (Å²) in [5.74, 6) is 0.398. The zero-order chi connectivity index (χ0) is 8.39. The van der Waals surface area contributed by atoms with Gasteiger partial charge in [-0.25, -0.2) is 0 Å². The Morgan fingerprint density at radius 1 is 1.33 bits per heavy atom. The fourth-order valence-corrected chi connectivity index (χ4v) is 2.05. The summed E-state index contributed by atoms with van der Waals surface area (Å²) in [5.41, 5.74) is 0.772. The number of alkyl halides is 1. The third-order valence-electron chi connectivity index (χ3n) is 1.16. The average Bonchev–Trinajstić information content (AvgIpc) is 2.75. The van der Waals surface area contributed by atoms with Gasteiger partial charge in [0, 0.05) is 5.38 Å². The summed E-state index contributed by atoms with van der Waals surface area (Å²) < 4.78 is 3.73. The fourth-order valence-electron chi connectivity index (χ4n) is 0.669. The molecule has 0 saturated carbocycles. The Balaban J connectivity index is 2.35. The Bertz CT molecular complexity index is 357. The number of halogens is 1. The lowest BCUT2D eigenvalue weighted by Gasteiger charge is -1.80. The standard InChI is InChI=1S/C5H3ClN4S2/c6-1-4-8-9-5(12-4)3-2-11-10-7-3/h2H,1H2. The van der Waals surface area contributed by atoms with E-state index in [0.29, 0.717) is 5.88 Å². The smallest absolute Gasteiger partial charge is 0.142 e. The number of hydrogen-bond donors (Lipinski definition) is 0. The number of aromatic nitrogens is 4. The van der Waals surface area contributed by atoms with Crippen LogP contribution in [0.15, 0.2) is 5.38 Å². The molecule has 0 bridgehead atoms. The number of rotatable bonds is 2. The van der Waals surface area contributed by atoms with Gasteiger partial charge in [-0.15, -0.1) is 26.9 Å². The Morgan fingerprint density at radius 2 is 2.25 bits per heavy atom. The van der Waals surface area contributed by atoms with E-state index < -0.39 is 0 Å². The van der Waals surface area contributed by atoms with Crippen molar-refractivity contribution in [3.63, 3.8) is 0 Å². The molecule has 12 heavy (non-hydrogen) atoms. The first kappa shape index (κ1) is 8.03.